The van der Waals surface area contributed by atoms with Crippen LogP contribution in [0.5, 0.6) is 0 Å². The first-order valence-electron chi connectivity index (χ1n) is 16.4. The number of hydrogen-bond donors (Lipinski definition) is 1. The van der Waals surface area contributed by atoms with Gasteiger partial charge in [-0.25, -0.2) is 17.8 Å². The number of carbonyl (C=O) groups is 1. The quantitative estimate of drug-likeness (QED) is 0.244. The zero-order valence-electron chi connectivity index (χ0n) is 26.5. The first-order valence-corrected chi connectivity index (χ1v) is 18.3. The Bertz CT molecular complexity index is 1830. The molecule has 242 valence electrons. The summed E-state index contributed by atoms with van der Waals surface area (Å²) in [6.45, 7) is 4.26. The number of sulfonamides is 1. The summed E-state index contributed by atoms with van der Waals surface area (Å²) in [6.07, 6.45) is 8.21. The molecule has 1 N–H and O–H groups in total. The normalized spacial score (nSPS) is 23.1. The molecular weight excluding hydrogens is 601 g/mol. The number of benzene rings is 3. The van der Waals surface area contributed by atoms with E-state index in [0.717, 1.165) is 61.8 Å². The summed E-state index contributed by atoms with van der Waals surface area (Å²) in [7, 11) is -3.39. The molecule has 3 aliphatic rings. The van der Waals surface area contributed by atoms with Crippen molar-refractivity contribution in [3.05, 3.63) is 95.6 Å². The Morgan fingerprint density at radius 3 is 2.33 bits per heavy atom. The fourth-order valence-corrected chi connectivity index (χ4v) is 9.07. The average Bonchev–Trinajstić information content (AvgIpc) is 3.49. The van der Waals surface area contributed by atoms with Gasteiger partial charge in [0, 0.05) is 42.5 Å². The van der Waals surface area contributed by atoms with Crippen molar-refractivity contribution in [2.45, 2.75) is 75.4 Å². The molecule has 3 fully saturated rings. The number of nitrogens with one attached hydrogen (secondary N) is 1. The van der Waals surface area contributed by atoms with Gasteiger partial charge in [0.2, 0.25) is 10.0 Å². The van der Waals surface area contributed by atoms with Crippen molar-refractivity contribution in [1.82, 2.24) is 19.4 Å². The number of imidazole rings is 1. The summed E-state index contributed by atoms with van der Waals surface area (Å²) in [4.78, 5) is 22.9. The lowest BCUT2D eigenvalue weighted by Crippen LogP contribution is -2.49. The lowest BCUT2D eigenvalue weighted by Gasteiger charge is -2.45. The first-order chi connectivity index (χ1) is 22.1. The molecule has 0 saturated carbocycles. The highest BCUT2D eigenvalue weighted by Gasteiger charge is 2.44. The van der Waals surface area contributed by atoms with Crippen molar-refractivity contribution in [2.75, 3.05) is 30.6 Å². The minimum atomic E-state index is -3.39. The van der Waals surface area contributed by atoms with Crippen molar-refractivity contribution in [2.24, 2.45) is 0 Å². The maximum atomic E-state index is 14.6. The molecule has 2 atom stereocenters. The number of aryl methyl sites for hydroxylation is 1. The van der Waals surface area contributed by atoms with Gasteiger partial charge in [0.25, 0.3) is 5.91 Å². The molecule has 3 saturated heterocycles. The minimum Gasteiger partial charge on any atom is -0.339 e. The van der Waals surface area contributed by atoms with Crippen LogP contribution in [0, 0.1) is 12.7 Å². The zero-order valence-corrected chi connectivity index (χ0v) is 27.3. The number of hydrogen-bond acceptors (Lipinski definition) is 5. The Kier molecular flexibility index (Phi) is 8.13. The summed E-state index contributed by atoms with van der Waals surface area (Å²) < 4.78 is 42.6. The summed E-state index contributed by atoms with van der Waals surface area (Å²) >= 11 is 0. The van der Waals surface area contributed by atoms with E-state index in [-0.39, 0.29) is 17.1 Å². The first kappa shape index (κ1) is 30.9. The van der Waals surface area contributed by atoms with Crippen molar-refractivity contribution < 1.29 is 17.6 Å². The van der Waals surface area contributed by atoms with Gasteiger partial charge in [0.05, 0.1) is 17.3 Å². The molecule has 4 heterocycles. The number of aromatic nitrogens is 2. The van der Waals surface area contributed by atoms with Gasteiger partial charge < -0.3 is 9.47 Å². The van der Waals surface area contributed by atoms with Crippen LogP contribution in [-0.2, 0) is 15.4 Å². The Labute approximate surface area is 270 Å². The van der Waals surface area contributed by atoms with Crippen molar-refractivity contribution in [3.63, 3.8) is 0 Å². The van der Waals surface area contributed by atoms with Gasteiger partial charge in [-0.15, -0.1) is 0 Å². The van der Waals surface area contributed by atoms with E-state index in [1.165, 1.54) is 24.4 Å². The van der Waals surface area contributed by atoms with E-state index in [1.807, 2.05) is 11.0 Å². The van der Waals surface area contributed by atoms with Crippen LogP contribution in [0.3, 0.4) is 0 Å². The predicted molar refractivity (Wildman–Crippen MR) is 179 cm³/mol. The predicted octanol–water partition coefficient (Wildman–Crippen LogP) is 6.29. The van der Waals surface area contributed by atoms with Gasteiger partial charge >= 0.3 is 0 Å². The molecule has 0 aliphatic carbocycles. The van der Waals surface area contributed by atoms with E-state index in [1.54, 1.807) is 30.3 Å². The minimum absolute atomic E-state index is 0.0683. The number of likely N-dealkylation sites (tertiary alicyclic amines) is 1. The lowest BCUT2D eigenvalue weighted by molar-refractivity contribution is 0.0606. The molecule has 1 amide bonds. The number of piperidine rings is 2. The summed E-state index contributed by atoms with van der Waals surface area (Å²) in [6, 6.07) is 23.6. The van der Waals surface area contributed by atoms with E-state index >= 15 is 0 Å². The molecule has 8 nitrogen and oxygen atoms in total. The molecular formula is C36H42FN5O3S. The van der Waals surface area contributed by atoms with E-state index in [2.05, 4.69) is 51.4 Å². The molecule has 10 heteroatoms. The topological polar surface area (TPSA) is 87.5 Å². The van der Waals surface area contributed by atoms with Crippen LogP contribution in [0.1, 0.15) is 72.7 Å². The fraction of sp³-hybridized carbons (Fsp3) is 0.444. The highest BCUT2D eigenvalue weighted by atomic mass is 32.2. The third-order valence-corrected chi connectivity index (χ3v) is 11.3. The molecule has 2 bridgehead atoms. The van der Waals surface area contributed by atoms with Crippen LogP contribution >= 0.6 is 0 Å². The Balaban J connectivity index is 1.05. The van der Waals surface area contributed by atoms with Crippen LogP contribution in [0.4, 0.5) is 10.1 Å². The monoisotopic (exact) mass is 643 g/mol. The highest BCUT2D eigenvalue weighted by Crippen LogP contribution is 2.45. The van der Waals surface area contributed by atoms with Crippen LogP contribution in [-0.4, -0.2) is 71.6 Å². The van der Waals surface area contributed by atoms with Crippen molar-refractivity contribution >= 4 is 32.7 Å². The number of nitrogens with zero attached hydrogens (tertiary/aromatic N) is 4. The molecule has 0 radical (unpaired) electrons. The number of amides is 1. The number of fused-ring (bicyclic) bond motifs is 3. The summed E-state index contributed by atoms with van der Waals surface area (Å²) in [5.41, 5.74) is 4.06. The van der Waals surface area contributed by atoms with Gasteiger partial charge in [-0.2, -0.15) is 0 Å². The number of anilines is 1. The van der Waals surface area contributed by atoms with Crippen molar-refractivity contribution in [3.8, 4) is 0 Å². The van der Waals surface area contributed by atoms with E-state index in [0.29, 0.717) is 42.5 Å². The highest BCUT2D eigenvalue weighted by molar-refractivity contribution is 7.92. The second-order valence-electron chi connectivity index (χ2n) is 13.6. The summed E-state index contributed by atoms with van der Waals surface area (Å²) in [5.74, 6) is 0.801. The third kappa shape index (κ3) is 6.05. The fourth-order valence-electron chi connectivity index (χ4n) is 8.51. The second-order valence-corrected chi connectivity index (χ2v) is 15.3. The van der Waals surface area contributed by atoms with E-state index in [4.69, 9.17) is 4.98 Å². The molecule has 0 spiro atoms. The molecule has 7 rings (SSSR count). The summed E-state index contributed by atoms with van der Waals surface area (Å²) in [5, 5.41) is 0. The second kappa shape index (κ2) is 12.1. The van der Waals surface area contributed by atoms with Crippen LogP contribution in [0.2, 0.25) is 0 Å². The number of carbonyl (C=O) groups excluding carboxylic acids is 1. The standard InChI is InChI=1S/C36H42FN5O3S/c1-25-38-33-8-3-4-9-34(33)42(25)32-23-30-14-15-31(24-32)41(30)21-18-36(27-6-5-7-28(37)22-27)16-19-40(20-17-36)35(43)26-10-12-29(13-11-26)39-46(2,44)45/h3-13,22,30-32,39H,14-21,23-24H2,1-2H3. The maximum Gasteiger partial charge on any atom is 0.253 e. The van der Waals surface area contributed by atoms with Crippen LogP contribution < -0.4 is 4.72 Å². The Morgan fingerprint density at radius 2 is 1.65 bits per heavy atom. The van der Waals surface area contributed by atoms with Crippen molar-refractivity contribution in [1.29, 1.82) is 0 Å². The molecule has 46 heavy (non-hydrogen) atoms. The van der Waals surface area contributed by atoms with Gasteiger partial charge in [-0.1, -0.05) is 24.3 Å². The average molecular weight is 644 g/mol. The zero-order chi connectivity index (χ0) is 32.1. The van der Waals surface area contributed by atoms with Gasteiger partial charge in [0.1, 0.15) is 11.6 Å². The van der Waals surface area contributed by atoms with Gasteiger partial charge in [-0.3, -0.25) is 14.4 Å². The third-order valence-electron chi connectivity index (χ3n) is 10.7. The molecule has 4 aromatic rings. The number of halogens is 1. The lowest BCUT2D eigenvalue weighted by atomic mass is 9.70. The largest absolute Gasteiger partial charge is 0.339 e. The smallest absolute Gasteiger partial charge is 0.253 e. The Hall–Kier alpha value is -3.76. The van der Waals surface area contributed by atoms with Gasteiger partial charge in [0.15, 0.2) is 0 Å². The molecule has 2 unspecified atom stereocenters. The molecule has 3 aromatic carbocycles. The van der Waals surface area contributed by atoms with Crippen LogP contribution in [0.25, 0.3) is 11.0 Å². The van der Waals surface area contributed by atoms with E-state index in [9.17, 15) is 17.6 Å². The Morgan fingerprint density at radius 1 is 0.957 bits per heavy atom. The molecule has 1 aromatic heterocycles. The number of rotatable bonds is 8. The number of para-hydroxylation sites is 2. The maximum absolute atomic E-state index is 14.6. The molecule has 3 aliphatic heterocycles. The van der Waals surface area contributed by atoms with Crippen LogP contribution in [0.15, 0.2) is 72.8 Å². The SMILES string of the molecule is Cc1nc2ccccc2n1C1CC2CCC(C1)N2CCC1(c2cccc(F)c2)CCN(C(=O)c2ccc(NS(C)(=O)=O)cc2)CC1. The van der Waals surface area contributed by atoms with Gasteiger partial charge in [-0.05, 0) is 118 Å². The van der Waals surface area contributed by atoms with E-state index < -0.39 is 10.0 Å².